The molecule has 0 aromatic heterocycles. The van der Waals surface area contributed by atoms with Gasteiger partial charge in [0.05, 0.1) is 0 Å². The highest BCUT2D eigenvalue weighted by Crippen LogP contribution is 2.37. The molecule has 1 heteroatoms. The predicted octanol–water partition coefficient (Wildman–Crippen LogP) is 4.18. The van der Waals surface area contributed by atoms with Crippen LogP contribution in [-0.4, -0.2) is 5.78 Å². The average Bonchev–Trinajstić information content (AvgIpc) is 2.28. The van der Waals surface area contributed by atoms with Crippen LogP contribution in [0.25, 0.3) is 0 Å². The van der Waals surface area contributed by atoms with Crippen LogP contribution >= 0.6 is 0 Å². The van der Waals surface area contributed by atoms with E-state index in [1.165, 1.54) is 36.8 Å². The Morgan fingerprint density at radius 1 is 0.824 bits per heavy atom. The van der Waals surface area contributed by atoms with Crippen LogP contribution in [0.2, 0.25) is 0 Å². The van der Waals surface area contributed by atoms with Gasteiger partial charge in [-0.25, -0.2) is 0 Å². The second-order valence-electron chi connectivity index (χ2n) is 5.63. The molecule has 90 valence electrons. The van der Waals surface area contributed by atoms with Gasteiger partial charge in [0.15, 0.2) is 0 Å². The van der Waals surface area contributed by atoms with E-state index in [1.54, 1.807) is 0 Å². The number of carbonyl (C=O) groups excluding carboxylic acids is 1. The molecule has 0 spiro atoms. The number of hydrogen-bond donors (Lipinski definition) is 0. The van der Waals surface area contributed by atoms with E-state index < -0.39 is 0 Å². The number of Topliss-reactive ketones (excluding diaryl/α,β-unsaturated/α-hetero) is 1. The standard InChI is InChI=1S/C16H20O/c17-16-6-2-5-15(11-16)14-9-7-13(8-10-14)12-3-1-4-12/h7-10,12,15H,1-6,11H2. The number of hydrogen-bond acceptors (Lipinski definition) is 1. The van der Waals surface area contributed by atoms with Gasteiger partial charge >= 0.3 is 0 Å². The molecular weight excluding hydrogens is 208 g/mol. The number of benzene rings is 1. The first kappa shape index (κ1) is 11.0. The molecule has 1 aromatic rings. The van der Waals surface area contributed by atoms with E-state index in [4.69, 9.17) is 0 Å². The van der Waals surface area contributed by atoms with E-state index >= 15 is 0 Å². The third-order valence-corrected chi connectivity index (χ3v) is 4.47. The largest absolute Gasteiger partial charge is 0.300 e. The lowest BCUT2D eigenvalue weighted by atomic mass is 9.78. The summed E-state index contributed by atoms with van der Waals surface area (Å²) in [6.07, 6.45) is 7.95. The SMILES string of the molecule is O=C1CCCC(c2ccc(C3CCC3)cc2)C1. The molecule has 0 heterocycles. The molecule has 1 nitrogen and oxygen atoms in total. The number of carbonyl (C=O) groups is 1. The van der Waals surface area contributed by atoms with Gasteiger partial charge in [-0.3, -0.25) is 4.79 Å². The molecule has 2 saturated carbocycles. The number of rotatable bonds is 2. The van der Waals surface area contributed by atoms with Crippen molar-refractivity contribution in [2.45, 2.75) is 56.8 Å². The fourth-order valence-corrected chi connectivity index (χ4v) is 3.09. The average molecular weight is 228 g/mol. The summed E-state index contributed by atoms with van der Waals surface area (Å²) >= 11 is 0. The van der Waals surface area contributed by atoms with Gasteiger partial charge in [-0.1, -0.05) is 30.7 Å². The molecule has 2 aliphatic rings. The van der Waals surface area contributed by atoms with Gasteiger partial charge in [0.25, 0.3) is 0 Å². The molecule has 1 atom stereocenters. The van der Waals surface area contributed by atoms with E-state index in [9.17, 15) is 4.79 Å². The summed E-state index contributed by atoms with van der Waals surface area (Å²) in [5, 5.41) is 0. The maximum Gasteiger partial charge on any atom is 0.133 e. The van der Waals surface area contributed by atoms with Crippen molar-refractivity contribution in [3.63, 3.8) is 0 Å². The fraction of sp³-hybridized carbons (Fsp3) is 0.562. The van der Waals surface area contributed by atoms with Crippen molar-refractivity contribution in [2.75, 3.05) is 0 Å². The minimum atomic E-state index is 0.448. The van der Waals surface area contributed by atoms with Gasteiger partial charge in [-0.15, -0.1) is 0 Å². The zero-order valence-electron chi connectivity index (χ0n) is 10.3. The summed E-state index contributed by atoms with van der Waals surface area (Å²) < 4.78 is 0. The van der Waals surface area contributed by atoms with Gasteiger partial charge < -0.3 is 0 Å². The zero-order valence-corrected chi connectivity index (χ0v) is 10.3. The van der Waals surface area contributed by atoms with E-state index in [-0.39, 0.29) is 0 Å². The lowest BCUT2D eigenvalue weighted by Crippen LogP contribution is -2.13. The van der Waals surface area contributed by atoms with Crippen molar-refractivity contribution in [1.29, 1.82) is 0 Å². The molecular formula is C16H20O. The van der Waals surface area contributed by atoms with Crippen LogP contribution in [0.1, 0.15) is 67.9 Å². The first-order valence-electron chi connectivity index (χ1n) is 6.94. The quantitative estimate of drug-likeness (QED) is 0.742. The molecule has 0 N–H and O–H groups in total. The highest BCUT2D eigenvalue weighted by molar-refractivity contribution is 5.80. The first-order valence-corrected chi connectivity index (χ1v) is 6.94. The van der Waals surface area contributed by atoms with Crippen molar-refractivity contribution >= 4 is 5.78 Å². The Balaban J connectivity index is 1.72. The minimum absolute atomic E-state index is 0.448. The monoisotopic (exact) mass is 228 g/mol. The normalized spacial score (nSPS) is 25.6. The highest BCUT2D eigenvalue weighted by atomic mass is 16.1. The Labute approximate surface area is 103 Å². The lowest BCUT2D eigenvalue weighted by Gasteiger charge is -2.27. The van der Waals surface area contributed by atoms with Crippen molar-refractivity contribution in [3.05, 3.63) is 35.4 Å². The van der Waals surface area contributed by atoms with Crippen LogP contribution in [0.5, 0.6) is 0 Å². The van der Waals surface area contributed by atoms with Gasteiger partial charge in [0.1, 0.15) is 5.78 Å². The van der Waals surface area contributed by atoms with Gasteiger partial charge in [0, 0.05) is 12.8 Å². The topological polar surface area (TPSA) is 17.1 Å². The fourth-order valence-electron chi connectivity index (χ4n) is 3.09. The van der Waals surface area contributed by atoms with Crippen LogP contribution in [0, 0.1) is 0 Å². The zero-order chi connectivity index (χ0) is 11.7. The molecule has 2 aliphatic carbocycles. The summed E-state index contributed by atoms with van der Waals surface area (Å²) in [7, 11) is 0. The Bertz CT molecular complexity index is 400. The van der Waals surface area contributed by atoms with Crippen molar-refractivity contribution < 1.29 is 4.79 Å². The molecule has 0 bridgehead atoms. The smallest absolute Gasteiger partial charge is 0.133 e. The Kier molecular flexibility index (Phi) is 3.00. The summed E-state index contributed by atoms with van der Waals surface area (Å²) in [5.74, 6) is 1.76. The van der Waals surface area contributed by atoms with E-state index in [1.807, 2.05) is 0 Å². The van der Waals surface area contributed by atoms with E-state index in [0.717, 1.165) is 25.2 Å². The van der Waals surface area contributed by atoms with Crippen LogP contribution < -0.4 is 0 Å². The molecule has 1 aromatic carbocycles. The maximum atomic E-state index is 11.5. The van der Waals surface area contributed by atoms with Crippen LogP contribution in [0.15, 0.2) is 24.3 Å². The third-order valence-electron chi connectivity index (χ3n) is 4.47. The minimum Gasteiger partial charge on any atom is -0.300 e. The Hall–Kier alpha value is -1.11. The highest BCUT2D eigenvalue weighted by Gasteiger charge is 2.22. The molecule has 2 fully saturated rings. The van der Waals surface area contributed by atoms with Crippen molar-refractivity contribution in [2.24, 2.45) is 0 Å². The van der Waals surface area contributed by atoms with Gasteiger partial charge in [-0.2, -0.15) is 0 Å². The molecule has 0 aliphatic heterocycles. The van der Waals surface area contributed by atoms with Crippen LogP contribution in [-0.2, 0) is 4.79 Å². The second-order valence-corrected chi connectivity index (χ2v) is 5.63. The van der Waals surface area contributed by atoms with Crippen molar-refractivity contribution in [1.82, 2.24) is 0 Å². The molecule has 17 heavy (non-hydrogen) atoms. The molecule has 0 radical (unpaired) electrons. The van der Waals surface area contributed by atoms with E-state index in [2.05, 4.69) is 24.3 Å². The Morgan fingerprint density at radius 2 is 1.41 bits per heavy atom. The summed E-state index contributed by atoms with van der Waals surface area (Å²) in [6.45, 7) is 0. The molecule has 0 saturated heterocycles. The van der Waals surface area contributed by atoms with Gasteiger partial charge in [-0.05, 0) is 48.6 Å². The second kappa shape index (κ2) is 4.64. The molecule has 3 rings (SSSR count). The Morgan fingerprint density at radius 3 is 1.94 bits per heavy atom. The van der Waals surface area contributed by atoms with Crippen LogP contribution in [0.3, 0.4) is 0 Å². The van der Waals surface area contributed by atoms with Crippen LogP contribution in [0.4, 0.5) is 0 Å². The predicted molar refractivity (Wildman–Crippen MR) is 69.3 cm³/mol. The number of ketones is 1. The maximum absolute atomic E-state index is 11.5. The first-order chi connectivity index (χ1) is 8.33. The van der Waals surface area contributed by atoms with E-state index in [0.29, 0.717) is 11.7 Å². The molecule has 1 unspecified atom stereocenters. The lowest BCUT2D eigenvalue weighted by molar-refractivity contribution is -0.120. The summed E-state index contributed by atoms with van der Waals surface area (Å²) in [4.78, 5) is 11.5. The summed E-state index contributed by atoms with van der Waals surface area (Å²) in [5.41, 5.74) is 2.88. The van der Waals surface area contributed by atoms with Gasteiger partial charge in [0.2, 0.25) is 0 Å². The van der Waals surface area contributed by atoms with Crippen molar-refractivity contribution in [3.8, 4) is 0 Å². The molecule has 0 amide bonds. The third kappa shape index (κ3) is 2.29. The summed E-state index contributed by atoms with van der Waals surface area (Å²) in [6, 6.07) is 9.10.